The van der Waals surface area contributed by atoms with Crippen molar-refractivity contribution in [3.05, 3.63) is 35.1 Å². The van der Waals surface area contributed by atoms with Crippen LogP contribution >= 0.6 is 11.8 Å². The highest BCUT2D eigenvalue weighted by Gasteiger charge is 2.56. The van der Waals surface area contributed by atoms with Crippen LogP contribution in [0.15, 0.2) is 38.9 Å². The van der Waals surface area contributed by atoms with E-state index in [1.165, 1.54) is 31.8 Å². The zero-order valence-corrected chi connectivity index (χ0v) is 19.6. The van der Waals surface area contributed by atoms with Gasteiger partial charge in [0.1, 0.15) is 25.1 Å². The third kappa shape index (κ3) is 5.74. The van der Waals surface area contributed by atoms with E-state index in [2.05, 4.69) is 10.5 Å². The van der Waals surface area contributed by atoms with Gasteiger partial charge in [0, 0.05) is 19.4 Å². The molecule has 3 N–H and O–H groups in total. The summed E-state index contributed by atoms with van der Waals surface area (Å²) in [5, 5.41) is 7.01. The van der Waals surface area contributed by atoms with Crippen LogP contribution in [0, 0.1) is 0 Å². The van der Waals surface area contributed by atoms with Crippen molar-refractivity contribution in [3.63, 3.8) is 0 Å². The molecule has 3 amide bonds. The number of rotatable bonds is 9. The first-order valence-electron chi connectivity index (χ1n) is 10.1. The van der Waals surface area contributed by atoms with Gasteiger partial charge in [-0.2, -0.15) is 0 Å². The number of nitrogens with zero attached hydrogens (tertiary/aromatic N) is 2. The number of ether oxygens (including phenoxy) is 3. The van der Waals surface area contributed by atoms with Crippen molar-refractivity contribution in [1.82, 2.24) is 10.2 Å². The van der Waals surface area contributed by atoms with E-state index in [9.17, 15) is 24.0 Å². The zero-order valence-electron chi connectivity index (χ0n) is 18.8. The average Bonchev–Trinajstić information content (AvgIpc) is 3.32. The standard InChI is InChI=1S/C20H22N4O10S/c1-9(25)33-10(2)34-19(28)15-11(7-32-20(21)29)8-35-18-14(17(27)24(15)18)22-16(26)13(23-30-3)12-5-4-6-31-12/h4-6,8,10,14-15,18H,7H2,1-3H3,(H2,21,29)(H,22,26)/t10?,14-,15?,18-/m1/s1. The van der Waals surface area contributed by atoms with Crippen molar-refractivity contribution in [2.24, 2.45) is 10.9 Å². The lowest BCUT2D eigenvalue weighted by Crippen LogP contribution is -2.74. The molecule has 15 heteroatoms. The van der Waals surface area contributed by atoms with Crippen LogP contribution in [-0.2, 0) is 38.2 Å². The van der Waals surface area contributed by atoms with Crippen LogP contribution in [0.3, 0.4) is 0 Å². The third-order valence-electron chi connectivity index (χ3n) is 4.73. The fourth-order valence-corrected chi connectivity index (χ4v) is 4.58. The maximum absolute atomic E-state index is 13.0. The number of β-lactam (4-membered cyclic amide) rings is 1. The van der Waals surface area contributed by atoms with E-state index in [-0.39, 0.29) is 23.7 Å². The van der Waals surface area contributed by atoms with Crippen LogP contribution in [-0.4, -0.2) is 77.9 Å². The lowest BCUT2D eigenvalue weighted by molar-refractivity contribution is -0.189. The first kappa shape index (κ1) is 25.6. The summed E-state index contributed by atoms with van der Waals surface area (Å²) in [6.07, 6.45) is -0.977. The topological polar surface area (TPSA) is 189 Å². The molecule has 0 spiro atoms. The summed E-state index contributed by atoms with van der Waals surface area (Å²) in [6, 6.07) is 0.706. The summed E-state index contributed by atoms with van der Waals surface area (Å²) in [5.41, 5.74) is 5.03. The molecule has 0 radical (unpaired) electrons. The quantitative estimate of drug-likeness (QED) is 0.147. The van der Waals surface area contributed by atoms with E-state index in [1.54, 1.807) is 6.07 Å². The average molecular weight is 510 g/mol. The van der Waals surface area contributed by atoms with Gasteiger partial charge < -0.3 is 39.4 Å². The zero-order chi connectivity index (χ0) is 25.7. The Morgan fingerprint density at radius 1 is 1.31 bits per heavy atom. The van der Waals surface area contributed by atoms with E-state index in [4.69, 9.17) is 29.2 Å². The summed E-state index contributed by atoms with van der Waals surface area (Å²) in [7, 11) is 1.25. The molecule has 1 saturated heterocycles. The Kier molecular flexibility index (Phi) is 8.01. The number of primary amides is 1. The molecule has 2 unspecified atom stereocenters. The number of fused-ring (bicyclic) bond motifs is 1. The molecule has 2 aliphatic rings. The number of nitrogens with one attached hydrogen (secondary N) is 1. The molecule has 3 rings (SSSR count). The summed E-state index contributed by atoms with van der Waals surface area (Å²) in [4.78, 5) is 66.7. The number of esters is 2. The first-order valence-corrected chi connectivity index (χ1v) is 11.0. The van der Waals surface area contributed by atoms with E-state index in [0.717, 1.165) is 23.6 Å². The van der Waals surface area contributed by atoms with E-state index in [1.807, 2.05) is 0 Å². The molecule has 0 aliphatic carbocycles. The monoisotopic (exact) mass is 510 g/mol. The molecule has 1 aromatic rings. The van der Waals surface area contributed by atoms with Crippen LogP contribution in [0.25, 0.3) is 0 Å². The van der Waals surface area contributed by atoms with Crippen molar-refractivity contribution in [3.8, 4) is 0 Å². The number of carbonyl (C=O) groups is 5. The van der Waals surface area contributed by atoms with Gasteiger partial charge in [-0.1, -0.05) is 5.16 Å². The number of nitrogens with two attached hydrogens (primary N) is 1. The molecule has 188 valence electrons. The van der Waals surface area contributed by atoms with Crippen molar-refractivity contribution in [2.45, 2.75) is 37.6 Å². The highest BCUT2D eigenvalue weighted by atomic mass is 32.2. The maximum atomic E-state index is 13.0. The minimum absolute atomic E-state index is 0.121. The van der Waals surface area contributed by atoms with Gasteiger partial charge in [0.2, 0.25) is 17.9 Å². The van der Waals surface area contributed by atoms with Crippen LogP contribution in [0.5, 0.6) is 0 Å². The second kappa shape index (κ2) is 10.9. The summed E-state index contributed by atoms with van der Waals surface area (Å²) < 4.78 is 19.9. The highest BCUT2D eigenvalue weighted by molar-refractivity contribution is 8.03. The van der Waals surface area contributed by atoms with Gasteiger partial charge in [-0.15, -0.1) is 11.8 Å². The van der Waals surface area contributed by atoms with Crippen LogP contribution < -0.4 is 11.1 Å². The Bertz CT molecular complexity index is 1070. The molecular weight excluding hydrogens is 488 g/mol. The van der Waals surface area contributed by atoms with Gasteiger partial charge >= 0.3 is 18.0 Å². The Morgan fingerprint density at radius 3 is 2.66 bits per heavy atom. The molecule has 35 heavy (non-hydrogen) atoms. The smallest absolute Gasteiger partial charge is 0.404 e. The molecule has 1 aromatic heterocycles. The number of furan rings is 1. The predicted molar refractivity (Wildman–Crippen MR) is 117 cm³/mol. The number of oxime groups is 1. The van der Waals surface area contributed by atoms with E-state index in [0.29, 0.717) is 0 Å². The summed E-state index contributed by atoms with van der Waals surface area (Å²) in [6.45, 7) is 2.07. The minimum atomic E-state index is -1.31. The van der Waals surface area contributed by atoms with Gasteiger partial charge in [0.15, 0.2) is 11.8 Å². The second-order valence-corrected chi connectivity index (χ2v) is 8.13. The first-order chi connectivity index (χ1) is 16.6. The Morgan fingerprint density at radius 2 is 2.06 bits per heavy atom. The predicted octanol–water partition coefficient (Wildman–Crippen LogP) is -0.170. The van der Waals surface area contributed by atoms with Crippen molar-refractivity contribution in [2.75, 3.05) is 13.7 Å². The fraction of sp³-hybridized carbons (Fsp3) is 0.400. The molecule has 0 bridgehead atoms. The molecule has 14 nitrogen and oxygen atoms in total. The van der Waals surface area contributed by atoms with Gasteiger partial charge in [-0.3, -0.25) is 14.4 Å². The normalized spacial score (nSPS) is 22.1. The molecule has 2 aliphatic heterocycles. The number of hydrogen-bond donors (Lipinski definition) is 2. The van der Waals surface area contributed by atoms with Gasteiger partial charge in [-0.25, -0.2) is 9.59 Å². The fourth-order valence-electron chi connectivity index (χ4n) is 3.37. The number of carbonyl (C=O) groups excluding carboxylic acids is 5. The van der Waals surface area contributed by atoms with Crippen molar-refractivity contribution in [1.29, 1.82) is 0 Å². The molecular formula is C20H22N4O10S. The summed E-state index contributed by atoms with van der Waals surface area (Å²) >= 11 is 1.11. The molecule has 0 saturated carbocycles. The Balaban J connectivity index is 1.79. The SMILES string of the molecule is CON=C(C(=O)N[C@@H]1C(=O)N2C(C(=O)OC(C)OC(C)=O)C(COC(N)=O)=CS[C@H]12)c1ccco1. The van der Waals surface area contributed by atoms with Crippen molar-refractivity contribution < 1.29 is 47.4 Å². The van der Waals surface area contributed by atoms with Gasteiger partial charge in [0.05, 0.1) is 6.26 Å². The van der Waals surface area contributed by atoms with Crippen LogP contribution in [0.1, 0.15) is 19.6 Å². The molecule has 0 aromatic carbocycles. The second-order valence-electron chi connectivity index (χ2n) is 7.14. The highest BCUT2D eigenvalue weighted by Crippen LogP contribution is 2.40. The minimum Gasteiger partial charge on any atom is -0.462 e. The summed E-state index contributed by atoms with van der Waals surface area (Å²) in [5.74, 6) is -2.84. The van der Waals surface area contributed by atoms with Gasteiger partial charge in [0.25, 0.3) is 5.91 Å². The largest absolute Gasteiger partial charge is 0.462 e. The lowest BCUT2D eigenvalue weighted by Gasteiger charge is -2.51. The number of hydrogen-bond acceptors (Lipinski definition) is 12. The Labute approximate surface area is 202 Å². The molecule has 1 fully saturated rings. The number of thioether (sulfide) groups is 1. The van der Waals surface area contributed by atoms with E-state index < -0.39 is 53.6 Å². The lowest BCUT2D eigenvalue weighted by atomic mass is 9.98. The Hall–Kier alpha value is -4.01. The molecule has 4 atom stereocenters. The van der Waals surface area contributed by atoms with E-state index >= 15 is 0 Å². The number of amides is 3. The maximum Gasteiger partial charge on any atom is 0.404 e. The van der Waals surface area contributed by atoms with Crippen LogP contribution in [0.4, 0.5) is 4.79 Å². The van der Waals surface area contributed by atoms with Crippen LogP contribution in [0.2, 0.25) is 0 Å². The third-order valence-corrected chi connectivity index (χ3v) is 5.94. The molecule has 3 heterocycles. The van der Waals surface area contributed by atoms with Gasteiger partial charge in [-0.05, 0) is 17.5 Å². The van der Waals surface area contributed by atoms with Crippen molar-refractivity contribution >= 4 is 47.3 Å².